The molecule has 27 heavy (non-hydrogen) atoms. The average Bonchev–Trinajstić information content (AvgIpc) is 3.15. The fraction of sp³-hybridized carbons (Fsp3) is 0.211. The molecular formula is C19H17BrCl2N2O2S. The minimum absolute atomic E-state index is 0.319. The predicted molar refractivity (Wildman–Crippen MR) is 116 cm³/mol. The topological polar surface area (TPSA) is 43.4 Å². The van der Waals surface area contributed by atoms with Gasteiger partial charge in [-0.05, 0) is 36.8 Å². The number of ether oxygens (including phenoxy) is 2. The van der Waals surface area contributed by atoms with Crippen LogP contribution >= 0.6 is 50.5 Å². The third-order valence-corrected chi connectivity index (χ3v) is 5.73. The Balaban J connectivity index is 1.76. The Morgan fingerprint density at radius 3 is 2.63 bits per heavy atom. The number of nitrogens with one attached hydrogen (secondary N) is 1. The van der Waals surface area contributed by atoms with E-state index in [9.17, 15) is 0 Å². The van der Waals surface area contributed by atoms with Crippen molar-refractivity contribution >= 4 is 55.6 Å². The maximum Gasteiger partial charge on any atom is 0.182 e. The number of nitrogens with zero attached hydrogens (tertiary/aromatic N) is 1. The van der Waals surface area contributed by atoms with Gasteiger partial charge in [0, 0.05) is 38.2 Å². The summed E-state index contributed by atoms with van der Waals surface area (Å²) in [6.07, 6.45) is 1.77. The van der Waals surface area contributed by atoms with Crippen molar-refractivity contribution in [1.29, 1.82) is 0 Å². The van der Waals surface area contributed by atoms with E-state index >= 15 is 0 Å². The van der Waals surface area contributed by atoms with Crippen molar-refractivity contribution in [1.82, 2.24) is 4.98 Å². The van der Waals surface area contributed by atoms with Gasteiger partial charge in [0.25, 0.3) is 0 Å². The molecule has 2 aromatic carbocycles. The minimum Gasteiger partial charge on any atom is -0.490 e. The molecule has 1 heterocycles. The first-order valence-corrected chi connectivity index (χ1v) is 10.6. The second kappa shape index (κ2) is 9.64. The number of thiazole rings is 1. The molecule has 142 valence electrons. The van der Waals surface area contributed by atoms with Crippen molar-refractivity contribution in [3.05, 3.63) is 67.6 Å². The fourth-order valence-corrected chi connectivity index (χ4v) is 3.82. The number of aromatic nitrogens is 1. The molecule has 1 aromatic heterocycles. The van der Waals surface area contributed by atoms with E-state index in [0.29, 0.717) is 41.3 Å². The molecule has 0 aliphatic carbocycles. The lowest BCUT2D eigenvalue weighted by Gasteiger charge is -2.16. The zero-order valence-corrected chi connectivity index (χ0v) is 18.4. The second-order valence-corrected chi connectivity index (χ2v) is 8.13. The highest BCUT2D eigenvalue weighted by Gasteiger charge is 2.12. The molecule has 8 heteroatoms. The maximum atomic E-state index is 6.23. The molecule has 1 N–H and O–H groups in total. The number of hydrogen-bond donors (Lipinski definition) is 1. The summed E-state index contributed by atoms with van der Waals surface area (Å²) in [5, 5.41) is 7.27. The summed E-state index contributed by atoms with van der Waals surface area (Å²) >= 11 is 17.3. The minimum atomic E-state index is 0.319. The molecule has 0 saturated heterocycles. The monoisotopic (exact) mass is 486 g/mol. The molecule has 3 aromatic rings. The molecular weight excluding hydrogens is 471 g/mol. The lowest BCUT2D eigenvalue weighted by Crippen LogP contribution is -2.04. The van der Waals surface area contributed by atoms with E-state index in [1.165, 1.54) is 0 Å². The first kappa shape index (κ1) is 20.3. The van der Waals surface area contributed by atoms with Crippen LogP contribution in [-0.2, 0) is 13.2 Å². The van der Waals surface area contributed by atoms with Gasteiger partial charge in [0.1, 0.15) is 6.61 Å². The largest absolute Gasteiger partial charge is 0.490 e. The molecule has 0 spiro atoms. The summed E-state index contributed by atoms with van der Waals surface area (Å²) < 4.78 is 12.7. The zero-order valence-electron chi connectivity index (χ0n) is 14.5. The van der Waals surface area contributed by atoms with Crippen molar-refractivity contribution in [3.63, 3.8) is 0 Å². The summed E-state index contributed by atoms with van der Waals surface area (Å²) in [5.74, 6) is 1.33. The van der Waals surface area contributed by atoms with E-state index in [1.807, 2.05) is 30.5 Å². The van der Waals surface area contributed by atoms with Crippen LogP contribution in [0.5, 0.6) is 11.5 Å². The molecule has 0 aliphatic rings. The van der Waals surface area contributed by atoms with Crippen molar-refractivity contribution in [2.45, 2.75) is 20.1 Å². The Morgan fingerprint density at radius 1 is 1.11 bits per heavy atom. The van der Waals surface area contributed by atoms with E-state index in [0.717, 1.165) is 20.7 Å². The highest BCUT2D eigenvalue weighted by molar-refractivity contribution is 9.10. The van der Waals surface area contributed by atoms with Crippen molar-refractivity contribution < 1.29 is 9.47 Å². The predicted octanol–water partition coefficient (Wildman–Crippen LogP) is 6.80. The first-order valence-electron chi connectivity index (χ1n) is 8.22. The maximum absolute atomic E-state index is 6.23. The highest BCUT2D eigenvalue weighted by Crippen LogP contribution is 2.35. The van der Waals surface area contributed by atoms with Crippen LogP contribution in [0.15, 0.2) is 46.4 Å². The molecule has 0 unspecified atom stereocenters. The molecule has 0 fully saturated rings. The normalized spacial score (nSPS) is 10.7. The van der Waals surface area contributed by atoms with Gasteiger partial charge in [0.05, 0.1) is 6.61 Å². The van der Waals surface area contributed by atoms with E-state index in [2.05, 4.69) is 26.2 Å². The average molecular weight is 488 g/mol. The zero-order chi connectivity index (χ0) is 19.2. The molecule has 0 radical (unpaired) electrons. The number of hydrogen-bond acceptors (Lipinski definition) is 5. The molecule has 0 saturated carbocycles. The smallest absolute Gasteiger partial charge is 0.182 e. The van der Waals surface area contributed by atoms with E-state index in [-0.39, 0.29) is 0 Å². The van der Waals surface area contributed by atoms with E-state index in [4.69, 9.17) is 32.7 Å². The number of halogens is 3. The van der Waals surface area contributed by atoms with Gasteiger partial charge >= 0.3 is 0 Å². The fourth-order valence-electron chi connectivity index (χ4n) is 2.37. The summed E-state index contributed by atoms with van der Waals surface area (Å²) in [7, 11) is 0. The Morgan fingerprint density at radius 2 is 1.93 bits per heavy atom. The lowest BCUT2D eigenvalue weighted by atomic mass is 10.2. The summed E-state index contributed by atoms with van der Waals surface area (Å²) in [6, 6.07) is 9.22. The Hall–Kier alpha value is -1.47. The Labute approximate surface area is 180 Å². The molecule has 0 atom stereocenters. The standard InChI is InChI=1S/C19H17BrCl2N2O2S/c1-2-25-17-7-13(10-24-19-23-5-6-27-19)15(20)9-18(17)26-11-12-3-4-14(21)8-16(12)22/h3-9H,2,10-11H2,1H3,(H,23,24). The van der Waals surface area contributed by atoms with Crippen LogP contribution in [0.4, 0.5) is 5.13 Å². The number of rotatable bonds is 8. The summed E-state index contributed by atoms with van der Waals surface area (Å²) in [5.41, 5.74) is 1.90. The van der Waals surface area contributed by atoms with Crippen LogP contribution in [0.2, 0.25) is 10.0 Å². The SMILES string of the molecule is CCOc1cc(CNc2nccs2)c(Br)cc1OCc1ccc(Cl)cc1Cl. The van der Waals surface area contributed by atoms with Crippen LogP contribution in [0.3, 0.4) is 0 Å². The third kappa shape index (κ3) is 5.51. The summed E-state index contributed by atoms with van der Waals surface area (Å²) in [6.45, 7) is 3.42. The van der Waals surface area contributed by atoms with Crippen LogP contribution in [0, 0.1) is 0 Å². The van der Waals surface area contributed by atoms with Crippen molar-refractivity contribution in [2.75, 3.05) is 11.9 Å². The molecule has 0 aliphatic heterocycles. The van der Waals surface area contributed by atoms with Gasteiger partial charge in [-0.3, -0.25) is 0 Å². The number of benzene rings is 2. The van der Waals surface area contributed by atoms with Gasteiger partial charge in [-0.15, -0.1) is 11.3 Å². The third-order valence-electron chi connectivity index (χ3n) is 3.67. The van der Waals surface area contributed by atoms with Crippen molar-refractivity contribution in [2.24, 2.45) is 0 Å². The Kier molecular flexibility index (Phi) is 7.24. The van der Waals surface area contributed by atoms with Crippen LogP contribution in [0.1, 0.15) is 18.1 Å². The van der Waals surface area contributed by atoms with E-state index in [1.54, 1.807) is 29.7 Å². The van der Waals surface area contributed by atoms with Gasteiger partial charge in [-0.1, -0.05) is 45.2 Å². The van der Waals surface area contributed by atoms with Crippen molar-refractivity contribution in [3.8, 4) is 11.5 Å². The molecule has 0 amide bonds. The first-order chi connectivity index (χ1) is 13.1. The number of anilines is 1. The van der Waals surface area contributed by atoms with Gasteiger partial charge in [0.15, 0.2) is 16.6 Å². The highest BCUT2D eigenvalue weighted by atomic mass is 79.9. The van der Waals surface area contributed by atoms with Gasteiger partial charge < -0.3 is 14.8 Å². The second-order valence-electron chi connectivity index (χ2n) is 5.54. The quantitative estimate of drug-likeness (QED) is 0.379. The van der Waals surface area contributed by atoms with Gasteiger partial charge in [-0.2, -0.15) is 0 Å². The van der Waals surface area contributed by atoms with Gasteiger partial charge in [-0.25, -0.2) is 4.98 Å². The molecule has 3 rings (SSSR count). The lowest BCUT2D eigenvalue weighted by molar-refractivity contribution is 0.269. The molecule has 4 nitrogen and oxygen atoms in total. The Bertz CT molecular complexity index is 907. The van der Waals surface area contributed by atoms with E-state index < -0.39 is 0 Å². The van der Waals surface area contributed by atoms with Gasteiger partial charge in [0.2, 0.25) is 0 Å². The summed E-state index contributed by atoms with van der Waals surface area (Å²) in [4.78, 5) is 4.23. The van der Waals surface area contributed by atoms with Crippen LogP contribution in [0.25, 0.3) is 0 Å². The van der Waals surface area contributed by atoms with Crippen LogP contribution < -0.4 is 14.8 Å². The van der Waals surface area contributed by atoms with Crippen LogP contribution in [-0.4, -0.2) is 11.6 Å². The molecule has 0 bridgehead atoms.